The summed E-state index contributed by atoms with van der Waals surface area (Å²) in [5, 5.41) is 5.25. The highest BCUT2D eigenvalue weighted by Crippen LogP contribution is 2.36. The topological polar surface area (TPSA) is 80.5 Å². The Morgan fingerprint density at radius 2 is 1.69 bits per heavy atom. The molecular weight excluding hydrogens is 434 g/mol. The Morgan fingerprint density at radius 3 is 2.47 bits per heavy atom. The molecule has 0 saturated heterocycles. The van der Waals surface area contributed by atoms with Crippen LogP contribution >= 0.6 is 0 Å². The van der Waals surface area contributed by atoms with E-state index in [4.69, 9.17) is 5.14 Å². The van der Waals surface area contributed by atoms with Gasteiger partial charge in [-0.25, -0.2) is 22.3 Å². The summed E-state index contributed by atoms with van der Waals surface area (Å²) in [6.45, 7) is 0.481. The first-order valence-corrected chi connectivity index (χ1v) is 11.8. The first kappa shape index (κ1) is 20.8. The number of halogens is 2. The largest absolute Gasteiger partial charge is 0.312 e. The molecular formula is C24H20F2N2O3S. The molecule has 0 radical (unpaired) electrons. The van der Waals surface area contributed by atoms with Gasteiger partial charge < -0.3 is 4.90 Å². The molecule has 32 heavy (non-hydrogen) atoms. The molecule has 0 saturated carbocycles. The van der Waals surface area contributed by atoms with E-state index in [2.05, 4.69) is 0 Å². The lowest BCUT2D eigenvalue weighted by Gasteiger charge is -2.21. The molecule has 1 aliphatic carbocycles. The molecule has 1 atom stereocenters. The van der Waals surface area contributed by atoms with Crippen LogP contribution in [0, 0.1) is 17.6 Å². The maximum Gasteiger partial charge on any atom is 0.238 e. The molecule has 164 valence electrons. The quantitative estimate of drug-likeness (QED) is 0.657. The molecule has 0 spiro atoms. The van der Waals surface area contributed by atoms with E-state index in [-0.39, 0.29) is 22.3 Å². The lowest BCUT2D eigenvalue weighted by atomic mass is 10.00. The molecule has 5 nitrogen and oxygen atoms in total. The second-order valence-electron chi connectivity index (χ2n) is 8.29. The molecule has 1 heterocycles. The number of primary sulfonamides is 1. The fourth-order valence-corrected chi connectivity index (χ4v) is 5.20. The monoisotopic (exact) mass is 454 g/mol. The molecule has 8 heteroatoms. The number of nitrogens with two attached hydrogens (primary N) is 1. The van der Waals surface area contributed by atoms with Gasteiger partial charge >= 0.3 is 0 Å². The van der Waals surface area contributed by atoms with E-state index in [1.807, 2.05) is 12.1 Å². The summed E-state index contributed by atoms with van der Waals surface area (Å²) in [5.74, 6) is -1.40. The molecule has 0 bridgehead atoms. The van der Waals surface area contributed by atoms with Crippen LogP contribution in [-0.2, 0) is 34.1 Å². The van der Waals surface area contributed by atoms with Crippen LogP contribution in [0.25, 0.3) is 11.1 Å². The van der Waals surface area contributed by atoms with E-state index in [9.17, 15) is 22.0 Å². The van der Waals surface area contributed by atoms with Crippen LogP contribution in [0.2, 0.25) is 0 Å². The van der Waals surface area contributed by atoms with Gasteiger partial charge in [-0.2, -0.15) is 0 Å². The summed E-state index contributed by atoms with van der Waals surface area (Å²) in [5.41, 5.74) is 4.18. The summed E-state index contributed by atoms with van der Waals surface area (Å²) in [6, 6.07) is 13.4. The minimum Gasteiger partial charge on any atom is -0.312 e. The Labute approximate surface area is 184 Å². The Kier molecular flexibility index (Phi) is 4.87. The third kappa shape index (κ3) is 3.59. The van der Waals surface area contributed by atoms with Gasteiger partial charge in [-0.15, -0.1) is 0 Å². The van der Waals surface area contributed by atoms with Gasteiger partial charge in [0.1, 0.15) is 11.6 Å². The molecule has 1 aliphatic heterocycles. The van der Waals surface area contributed by atoms with E-state index in [1.54, 1.807) is 17.0 Å². The second kappa shape index (κ2) is 7.50. The van der Waals surface area contributed by atoms with Crippen molar-refractivity contribution in [3.8, 4) is 11.1 Å². The molecule has 5 rings (SSSR count). The number of carbonyl (C=O) groups excluding carboxylic acids is 1. The standard InChI is InChI=1S/C24H20F2N2O3S/c25-19-4-6-22(26)21(12-19)16-2-1-15-9-18(11-17(15)10-16)24(29)28-8-7-14-3-5-20(13-23(14)28)32(27,30)31/h1-6,10,12-13,18H,7-9,11H2,(H2,27,30,31)/t18-/m1/s1. The molecule has 2 N–H and O–H groups in total. The van der Waals surface area contributed by atoms with Gasteiger partial charge in [0.25, 0.3) is 0 Å². The Hall–Kier alpha value is -3.10. The smallest absolute Gasteiger partial charge is 0.238 e. The first-order chi connectivity index (χ1) is 15.2. The number of nitrogens with zero attached hydrogens (tertiary/aromatic N) is 1. The number of carbonyl (C=O) groups is 1. The van der Waals surface area contributed by atoms with Gasteiger partial charge in [0.2, 0.25) is 15.9 Å². The molecule has 3 aromatic rings. The summed E-state index contributed by atoms with van der Waals surface area (Å²) in [6.07, 6.45) is 1.68. The van der Waals surface area contributed by atoms with Crippen molar-refractivity contribution in [3.63, 3.8) is 0 Å². The average Bonchev–Trinajstić information content (AvgIpc) is 3.37. The van der Waals surface area contributed by atoms with Crippen LogP contribution in [0.3, 0.4) is 0 Å². The van der Waals surface area contributed by atoms with E-state index >= 15 is 0 Å². The maximum absolute atomic E-state index is 14.2. The highest BCUT2D eigenvalue weighted by Gasteiger charge is 2.34. The summed E-state index contributed by atoms with van der Waals surface area (Å²) in [4.78, 5) is 14.9. The lowest BCUT2D eigenvalue weighted by Crippen LogP contribution is -2.35. The zero-order valence-electron chi connectivity index (χ0n) is 17.0. The number of fused-ring (bicyclic) bond motifs is 2. The highest BCUT2D eigenvalue weighted by molar-refractivity contribution is 7.89. The summed E-state index contributed by atoms with van der Waals surface area (Å²) in [7, 11) is -3.87. The van der Waals surface area contributed by atoms with Gasteiger partial charge in [0.05, 0.1) is 4.90 Å². The number of rotatable bonds is 3. The van der Waals surface area contributed by atoms with Crippen molar-refractivity contribution in [2.24, 2.45) is 11.1 Å². The number of hydrogen-bond donors (Lipinski definition) is 1. The SMILES string of the molecule is NS(=O)(=O)c1ccc2c(c1)N(C(=O)[C@@H]1Cc3ccc(-c4cc(F)ccc4F)cc3C1)CC2. The predicted molar refractivity (Wildman–Crippen MR) is 117 cm³/mol. The molecule has 0 unspecified atom stereocenters. The predicted octanol–water partition coefficient (Wildman–Crippen LogP) is 3.58. The van der Waals surface area contributed by atoms with Gasteiger partial charge in [0, 0.05) is 23.7 Å². The second-order valence-corrected chi connectivity index (χ2v) is 9.85. The third-order valence-electron chi connectivity index (χ3n) is 6.27. The van der Waals surface area contributed by atoms with Crippen molar-refractivity contribution in [1.82, 2.24) is 0 Å². The highest BCUT2D eigenvalue weighted by atomic mass is 32.2. The first-order valence-electron chi connectivity index (χ1n) is 10.2. The van der Waals surface area contributed by atoms with E-state index < -0.39 is 21.7 Å². The van der Waals surface area contributed by atoms with Crippen LogP contribution in [0.4, 0.5) is 14.5 Å². The van der Waals surface area contributed by atoms with Crippen LogP contribution < -0.4 is 10.0 Å². The van der Waals surface area contributed by atoms with Gasteiger partial charge in [-0.3, -0.25) is 4.79 Å². The zero-order valence-corrected chi connectivity index (χ0v) is 17.8. The number of anilines is 1. The Balaban J connectivity index is 1.41. The fraction of sp³-hybridized carbons (Fsp3) is 0.208. The number of sulfonamides is 1. The van der Waals surface area contributed by atoms with Crippen LogP contribution in [0.1, 0.15) is 16.7 Å². The molecule has 0 aromatic heterocycles. The van der Waals surface area contributed by atoms with E-state index in [0.29, 0.717) is 37.1 Å². The fourth-order valence-electron chi connectivity index (χ4n) is 4.66. The average molecular weight is 454 g/mol. The molecule has 0 fully saturated rings. The van der Waals surface area contributed by atoms with Crippen LogP contribution in [-0.4, -0.2) is 20.9 Å². The van der Waals surface area contributed by atoms with Crippen LogP contribution in [0.5, 0.6) is 0 Å². The van der Waals surface area contributed by atoms with E-state index in [0.717, 1.165) is 28.8 Å². The molecule has 3 aromatic carbocycles. The normalized spacial score (nSPS) is 17.3. The minimum absolute atomic E-state index is 0.0209. The molecule has 2 aliphatic rings. The Morgan fingerprint density at radius 1 is 0.938 bits per heavy atom. The van der Waals surface area contributed by atoms with Gasteiger partial charge in [0.15, 0.2) is 0 Å². The van der Waals surface area contributed by atoms with Crippen molar-refractivity contribution in [3.05, 3.63) is 82.9 Å². The number of amides is 1. The van der Waals surface area contributed by atoms with E-state index in [1.165, 1.54) is 18.2 Å². The number of benzene rings is 3. The van der Waals surface area contributed by atoms with Crippen molar-refractivity contribution < 1.29 is 22.0 Å². The number of hydrogen-bond acceptors (Lipinski definition) is 3. The summed E-state index contributed by atoms with van der Waals surface area (Å²) < 4.78 is 51.3. The molecule has 1 amide bonds. The van der Waals surface area contributed by atoms with Crippen molar-refractivity contribution in [2.45, 2.75) is 24.2 Å². The van der Waals surface area contributed by atoms with Crippen molar-refractivity contribution in [1.29, 1.82) is 0 Å². The zero-order chi connectivity index (χ0) is 22.6. The van der Waals surface area contributed by atoms with Crippen LogP contribution in [0.15, 0.2) is 59.5 Å². The van der Waals surface area contributed by atoms with Crippen molar-refractivity contribution >= 4 is 21.6 Å². The Bertz CT molecular complexity index is 1370. The third-order valence-corrected chi connectivity index (χ3v) is 7.19. The van der Waals surface area contributed by atoms with Gasteiger partial charge in [-0.05, 0) is 71.8 Å². The lowest BCUT2D eigenvalue weighted by molar-refractivity contribution is -0.122. The summed E-state index contributed by atoms with van der Waals surface area (Å²) >= 11 is 0. The van der Waals surface area contributed by atoms with Crippen molar-refractivity contribution in [2.75, 3.05) is 11.4 Å². The van der Waals surface area contributed by atoms with Gasteiger partial charge in [-0.1, -0.05) is 24.3 Å². The minimum atomic E-state index is -3.87. The maximum atomic E-state index is 14.2.